The van der Waals surface area contributed by atoms with Gasteiger partial charge in [0.25, 0.3) is 5.69 Å². The van der Waals surface area contributed by atoms with Crippen LogP contribution in [0.5, 0.6) is 17.2 Å². The number of esters is 1. The van der Waals surface area contributed by atoms with Crippen molar-refractivity contribution in [2.75, 3.05) is 13.9 Å². The first kappa shape index (κ1) is 34.6. The lowest BCUT2D eigenvalue weighted by Crippen LogP contribution is -2.68. The van der Waals surface area contributed by atoms with Crippen LogP contribution in [0.1, 0.15) is 58.6 Å². The van der Waals surface area contributed by atoms with Gasteiger partial charge in [-0.25, -0.2) is 8.42 Å². The van der Waals surface area contributed by atoms with E-state index in [0.717, 1.165) is 12.1 Å². The summed E-state index contributed by atoms with van der Waals surface area (Å²) in [4.78, 5) is 23.6. The van der Waals surface area contributed by atoms with E-state index in [9.17, 15) is 23.3 Å². The van der Waals surface area contributed by atoms with Crippen molar-refractivity contribution >= 4 is 30.0 Å². The lowest BCUT2D eigenvalue weighted by molar-refractivity contribution is -0.384. The van der Waals surface area contributed by atoms with Crippen LogP contribution in [0.25, 0.3) is 0 Å². The summed E-state index contributed by atoms with van der Waals surface area (Å²) in [5.41, 5.74) is 0.879. The molecule has 14 nitrogen and oxygen atoms in total. The van der Waals surface area contributed by atoms with Gasteiger partial charge in [0.05, 0.1) is 23.0 Å². The molecule has 6 atom stereocenters. The van der Waals surface area contributed by atoms with E-state index < -0.39 is 71.4 Å². The molecule has 0 amide bonds. The number of rotatable bonds is 7. The van der Waals surface area contributed by atoms with E-state index in [-0.39, 0.29) is 34.7 Å². The van der Waals surface area contributed by atoms with E-state index in [2.05, 4.69) is 33.9 Å². The molecule has 48 heavy (non-hydrogen) atoms. The Labute approximate surface area is 280 Å². The zero-order valence-electron chi connectivity index (χ0n) is 28.5. The summed E-state index contributed by atoms with van der Waals surface area (Å²) in [6.07, 6.45) is -3.57. The van der Waals surface area contributed by atoms with Gasteiger partial charge in [0.15, 0.2) is 25.6 Å². The number of benzene rings is 2. The second kappa shape index (κ2) is 11.7. The van der Waals surface area contributed by atoms with Crippen molar-refractivity contribution in [3.63, 3.8) is 0 Å². The Bertz CT molecular complexity index is 1740. The molecule has 2 aromatic rings. The first-order valence-corrected chi connectivity index (χ1v) is 20.1. The summed E-state index contributed by atoms with van der Waals surface area (Å²) in [5.74, 6) is -1.54. The highest BCUT2D eigenvalue weighted by molar-refractivity contribution is 7.89. The van der Waals surface area contributed by atoms with E-state index in [1.807, 2.05) is 0 Å². The third-order valence-electron chi connectivity index (χ3n) is 10.0. The van der Waals surface area contributed by atoms with E-state index in [4.69, 9.17) is 32.8 Å². The number of methoxy groups -OCH3 is 1. The molecule has 0 N–H and O–H groups in total. The number of sulfonamides is 1. The molecule has 262 valence electrons. The Morgan fingerprint density at radius 1 is 1.08 bits per heavy atom. The predicted octanol–water partition coefficient (Wildman–Crippen LogP) is 4.84. The fourth-order valence-electron chi connectivity index (χ4n) is 6.94. The predicted molar refractivity (Wildman–Crippen MR) is 173 cm³/mol. The quantitative estimate of drug-likeness (QED) is 0.167. The van der Waals surface area contributed by atoms with Crippen LogP contribution in [0.2, 0.25) is 18.1 Å². The van der Waals surface area contributed by atoms with Crippen molar-refractivity contribution in [1.82, 2.24) is 4.31 Å². The molecule has 0 spiro atoms. The van der Waals surface area contributed by atoms with E-state index in [1.165, 1.54) is 30.5 Å². The zero-order chi connectivity index (χ0) is 35.1. The molecule has 0 bridgehead atoms. The average molecular weight is 707 g/mol. The smallest absolute Gasteiger partial charge is 0.303 e. The number of carbonyl (C=O) groups is 1. The minimum absolute atomic E-state index is 0.0617. The largest absolute Gasteiger partial charge is 0.492 e. The lowest BCUT2D eigenvalue weighted by Gasteiger charge is -2.54. The van der Waals surface area contributed by atoms with Gasteiger partial charge in [-0.3, -0.25) is 14.9 Å². The molecule has 0 unspecified atom stereocenters. The van der Waals surface area contributed by atoms with Crippen molar-refractivity contribution in [3.05, 3.63) is 51.6 Å². The van der Waals surface area contributed by atoms with Crippen molar-refractivity contribution in [2.45, 2.75) is 113 Å². The summed E-state index contributed by atoms with van der Waals surface area (Å²) >= 11 is 0. The van der Waals surface area contributed by atoms with Crippen LogP contribution in [-0.2, 0) is 40.0 Å². The highest BCUT2D eigenvalue weighted by Crippen LogP contribution is 2.57. The fraction of sp³-hybridized carbons (Fsp3) is 0.594. The number of non-ortho nitro benzene ring substituents is 1. The number of nitrogens with zero attached hydrogens (tertiary/aromatic N) is 2. The number of fused-ring (bicyclic) bond motifs is 6. The Morgan fingerprint density at radius 3 is 2.31 bits per heavy atom. The van der Waals surface area contributed by atoms with Gasteiger partial charge in [0.1, 0.15) is 24.4 Å². The van der Waals surface area contributed by atoms with Gasteiger partial charge in [-0.2, -0.15) is 4.31 Å². The molecule has 1 saturated heterocycles. The maximum absolute atomic E-state index is 14.7. The molecule has 1 aliphatic carbocycles. The fourth-order valence-corrected chi connectivity index (χ4v) is 9.86. The van der Waals surface area contributed by atoms with Gasteiger partial charge in [0.2, 0.25) is 22.6 Å². The van der Waals surface area contributed by atoms with Crippen molar-refractivity contribution in [2.24, 2.45) is 0 Å². The third kappa shape index (κ3) is 5.65. The lowest BCUT2D eigenvalue weighted by atomic mass is 9.70. The van der Waals surface area contributed by atoms with Crippen LogP contribution in [0.4, 0.5) is 5.69 Å². The van der Waals surface area contributed by atoms with Crippen molar-refractivity contribution < 1.29 is 51.0 Å². The number of nitro groups is 1. The normalized spacial score (nSPS) is 27.9. The molecule has 0 radical (unpaired) electrons. The minimum Gasteiger partial charge on any atom is -0.492 e. The molecule has 0 aromatic heterocycles. The number of carbonyl (C=O) groups excluding carboxylic acids is 1. The van der Waals surface area contributed by atoms with Crippen LogP contribution >= 0.6 is 0 Å². The Hall–Kier alpha value is -3.28. The van der Waals surface area contributed by atoms with E-state index in [1.54, 1.807) is 19.9 Å². The zero-order valence-corrected chi connectivity index (χ0v) is 30.3. The van der Waals surface area contributed by atoms with Gasteiger partial charge in [-0.05, 0) is 55.7 Å². The molecule has 6 rings (SSSR count). The number of hydrogen-bond acceptors (Lipinski definition) is 12. The van der Waals surface area contributed by atoms with E-state index in [0.29, 0.717) is 22.6 Å². The van der Waals surface area contributed by atoms with Crippen LogP contribution < -0.4 is 14.2 Å². The van der Waals surface area contributed by atoms with Gasteiger partial charge >= 0.3 is 5.97 Å². The molecule has 1 saturated carbocycles. The molecule has 3 heterocycles. The average Bonchev–Trinajstić information content (AvgIpc) is 3.59. The third-order valence-corrected chi connectivity index (χ3v) is 16.4. The summed E-state index contributed by atoms with van der Waals surface area (Å²) in [7, 11) is -5.51. The first-order valence-electron chi connectivity index (χ1n) is 15.7. The molecular formula is C32H42N2O12SSi. The Morgan fingerprint density at radius 2 is 1.73 bits per heavy atom. The van der Waals surface area contributed by atoms with Crippen LogP contribution in [0.3, 0.4) is 0 Å². The summed E-state index contributed by atoms with van der Waals surface area (Å²) in [6, 6.07) is 5.52. The van der Waals surface area contributed by atoms with Gasteiger partial charge in [-0.1, -0.05) is 20.8 Å². The van der Waals surface area contributed by atoms with Crippen molar-refractivity contribution in [3.8, 4) is 17.2 Å². The highest BCUT2D eigenvalue weighted by atomic mass is 32.2. The SMILES string of the molecule is COc1c2c(cc3c1OCO3)[C@@H]1[C@@H](OC(C)=O)[C@H](O[Si](C)(C)C(C)(C)C)[C@H]3OC(C)(C)O[C@H]3[C@@H]1N(S(=O)(=O)c1ccc([N+](=O)[O-])cc1)C2. The number of ether oxygens (including phenoxy) is 6. The van der Waals surface area contributed by atoms with Crippen LogP contribution in [0, 0.1) is 10.1 Å². The maximum Gasteiger partial charge on any atom is 0.303 e. The van der Waals surface area contributed by atoms with Gasteiger partial charge in [0, 0.05) is 37.1 Å². The molecule has 16 heteroatoms. The second-order valence-electron chi connectivity index (χ2n) is 14.5. The van der Waals surface area contributed by atoms with E-state index >= 15 is 0 Å². The Balaban J connectivity index is 1.61. The molecule has 2 fully saturated rings. The van der Waals surface area contributed by atoms with Crippen molar-refractivity contribution in [1.29, 1.82) is 0 Å². The molecule has 4 aliphatic rings. The first-order chi connectivity index (χ1) is 22.3. The summed E-state index contributed by atoms with van der Waals surface area (Å²) < 4.78 is 74.4. The topological polar surface area (TPSA) is 162 Å². The summed E-state index contributed by atoms with van der Waals surface area (Å²) in [6.45, 7) is 15.0. The standard InChI is InChI=1S/C32H42N2O12SSi/c1-17(35)43-27-23-20-14-22-26(42-16-41-22)25(40-7)21(20)15-33(47(38,39)19-12-10-18(11-13-19)34(36)37)24(23)28-29(45-32(5,6)44-28)30(27)46-48(8,9)31(2,3)4/h10-14,23-24,27-30H,15-16H2,1-9H3/t23-,24+,27+,28-,29-,30-/m0/s1. The molecule has 2 aromatic carbocycles. The number of hydrogen-bond donors (Lipinski definition) is 0. The maximum atomic E-state index is 14.7. The second-order valence-corrected chi connectivity index (χ2v) is 21.2. The minimum atomic E-state index is -4.39. The molecular weight excluding hydrogens is 665 g/mol. The van der Waals surface area contributed by atoms with Gasteiger partial charge < -0.3 is 32.8 Å². The van der Waals surface area contributed by atoms with Crippen LogP contribution in [0.15, 0.2) is 35.2 Å². The number of nitro benzene ring substituents is 1. The summed E-state index contributed by atoms with van der Waals surface area (Å²) in [5, 5.41) is 11.1. The monoisotopic (exact) mass is 706 g/mol. The molecule has 3 aliphatic heterocycles. The van der Waals surface area contributed by atoms with Crippen LogP contribution in [-0.4, -0.2) is 82.1 Å². The Kier molecular flexibility index (Phi) is 8.40. The highest BCUT2D eigenvalue weighted by Gasteiger charge is 2.65. The van der Waals surface area contributed by atoms with Gasteiger partial charge in [-0.15, -0.1) is 0 Å².